The largest absolute Gasteiger partial charge is 0.489 e. The third-order valence-corrected chi connectivity index (χ3v) is 3.32. The molecule has 2 N–H and O–H groups in total. The van der Waals surface area contributed by atoms with Crippen LogP contribution in [-0.2, 0) is 11.2 Å². The number of hydrogen-bond donors (Lipinski definition) is 2. The van der Waals surface area contributed by atoms with E-state index in [1.807, 2.05) is 0 Å². The predicted molar refractivity (Wildman–Crippen MR) is 86.8 cm³/mol. The molecule has 1 heterocycles. The van der Waals surface area contributed by atoms with Gasteiger partial charge < -0.3 is 24.3 Å². The van der Waals surface area contributed by atoms with Crippen LogP contribution >= 0.6 is 0 Å². The molecule has 0 aliphatic rings. The first-order valence-electron chi connectivity index (χ1n) is 7.54. The van der Waals surface area contributed by atoms with Crippen LogP contribution in [0.1, 0.15) is 33.6 Å². The zero-order valence-electron chi connectivity index (χ0n) is 13.8. The average Bonchev–Trinajstić information content (AvgIpc) is 3.02. The normalized spacial score (nSPS) is 10.5. The number of aromatic carboxylic acids is 1. The topological polar surface area (TPSA) is 98.0 Å². The van der Waals surface area contributed by atoms with Gasteiger partial charge in [-0.05, 0) is 12.1 Å². The van der Waals surface area contributed by atoms with Crippen molar-refractivity contribution >= 4 is 17.6 Å². The van der Waals surface area contributed by atoms with Crippen LogP contribution in [0.25, 0.3) is 0 Å². The number of aryl methyl sites for hydroxylation is 1. The second kappa shape index (κ2) is 8.29. The van der Waals surface area contributed by atoms with E-state index in [2.05, 4.69) is 5.32 Å². The summed E-state index contributed by atoms with van der Waals surface area (Å²) in [5.41, 5.74) is 0.0240. The Hall–Kier alpha value is -2.87. The van der Waals surface area contributed by atoms with Crippen LogP contribution in [0.2, 0.25) is 0 Å². The first-order valence-corrected chi connectivity index (χ1v) is 7.54. The van der Waals surface area contributed by atoms with E-state index in [0.717, 1.165) is 12.1 Å². The minimum Gasteiger partial charge on any atom is -0.489 e. The lowest BCUT2D eigenvalue weighted by Crippen LogP contribution is -2.13. The molecule has 1 aromatic heterocycles. The molecular weight excluding hydrogens is 333 g/mol. The number of anilines is 1. The third kappa shape index (κ3) is 4.57. The number of benzene rings is 1. The van der Waals surface area contributed by atoms with Gasteiger partial charge in [0.2, 0.25) is 0 Å². The number of carbonyl (C=O) groups excluding carboxylic acids is 1. The molecule has 1 amide bonds. The number of nitrogens with one attached hydrogen (secondary N) is 1. The molecule has 0 aliphatic heterocycles. The smallest absolute Gasteiger partial charge is 0.339 e. The second-order valence-corrected chi connectivity index (χ2v) is 5.04. The summed E-state index contributed by atoms with van der Waals surface area (Å²) < 4.78 is 29.1. The van der Waals surface area contributed by atoms with Crippen LogP contribution in [0.5, 0.6) is 5.75 Å². The fraction of sp³-hybridized carbons (Fsp3) is 0.294. The van der Waals surface area contributed by atoms with Crippen LogP contribution in [0.3, 0.4) is 0 Å². The number of ether oxygens (including phenoxy) is 2. The van der Waals surface area contributed by atoms with Gasteiger partial charge in [0.15, 0.2) is 5.76 Å². The Labute approximate surface area is 143 Å². The molecular formula is C17H18FNO6. The fourth-order valence-electron chi connectivity index (χ4n) is 2.13. The van der Waals surface area contributed by atoms with Crippen LogP contribution in [0.15, 0.2) is 28.7 Å². The highest BCUT2D eigenvalue weighted by Crippen LogP contribution is 2.26. The summed E-state index contributed by atoms with van der Waals surface area (Å²) in [6.07, 6.45) is 0.320. The van der Waals surface area contributed by atoms with Gasteiger partial charge in [0.25, 0.3) is 5.91 Å². The Morgan fingerprint density at radius 2 is 2.04 bits per heavy atom. The summed E-state index contributed by atoms with van der Waals surface area (Å²) in [6.45, 7) is 2.25. The van der Waals surface area contributed by atoms with Crippen molar-refractivity contribution in [3.8, 4) is 5.75 Å². The number of carbonyl (C=O) groups is 2. The molecule has 8 heteroatoms. The van der Waals surface area contributed by atoms with Gasteiger partial charge >= 0.3 is 5.97 Å². The Bertz CT molecular complexity index is 770. The van der Waals surface area contributed by atoms with Crippen molar-refractivity contribution in [1.82, 2.24) is 0 Å². The lowest BCUT2D eigenvalue weighted by Gasteiger charge is -2.11. The van der Waals surface area contributed by atoms with Crippen molar-refractivity contribution in [3.63, 3.8) is 0 Å². The molecule has 1 aromatic carbocycles. The predicted octanol–water partition coefficient (Wildman–Crippen LogP) is 2.96. The van der Waals surface area contributed by atoms with Crippen molar-refractivity contribution in [2.75, 3.05) is 25.6 Å². The van der Waals surface area contributed by atoms with Crippen molar-refractivity contribution in [3.05, 3.63) is 47.2 Å². The quantitative estimate of drug-likeness (QED) is 0.710. The summed E-state index contributed by atoms with van der Waals surface area (Å²) in [6, 6.07) is 4.81. The lowest BCUT2D eigenvalue weighted by atomic mass is 10.2. The van der Waals surface area contributed by atoms with Gasteiger partial charge in [0, 0.05) is 25.7 Å². The van der Waals surface area contributed by atoms with Crippen LogP contribution in [0, 0.1) is 5.82 Å². The van der Waals surface area contributed by atoms with Gasteiger partial charge in [0.05, 0.1) is 12.3 Å². The fourth-order valence-corrected chi connectivity index (χ4v) is 2.13. The highest BCUT2D eigenvalue weighted by atomic mass is 19.1. The summed E-state index contributed by atoms with van der Waals surface area (Å²) >= 11 is 0. The molecule has 0 aliphatic carbocycles. The molecule has 0 fully saturated rings. The number of carboxylic acids is 1. The number of rotatable bonds is 8. The first-order chi connectivity index (χ1) is 12.0. The molecule has 0 saturated carbocycles. The summed E-state index contributed by atoms with van der Waals surface area (Å²) in [5.74, 6) is -2.19. The highest BCUT2D eigenvalue weighted by molar-refractivity contribution is 6.04. The summed E-state index contributed by atoms with van der Waals surface area (Å²) in [5, 5.41) is 11.6. The van der Waals surface area contributed by atoms with Gasteiger partial charge in [-0.25, -0.2) is 9.18 Å². The van der Waals surface area contributed by atoms with Crippen molar-refractivity contribution in [1.29, 1.82) is 0 Å². The maximum Gasteiger partial charge on any atom is 0.339 e. The van der Waals surface area contributed by atoms with E-state index in [-0.39, 0.29) is 35.1 Å². The van der Waals surface area contributed by atoms with Crippen LogP contribution in [0.4, 0.5) is 10.1 Å². The minimum atomic E-state index is -1.19. The summed E-state index contributed by atoms with van der Waals surface area (Å²) in [4.78, 5) is 23.5. The zero-order valence-corrected chi connectivity index (χ0v) is 13.8. The Morgan fingerprint density at radius 3 is 2.64 bits per heavy atom. The molecule has 2 aromatic rings. The average molecular weight is 351 g/mol. The van der Waals surface area contributed by atoms with Gasteiger partial charge in [-0.2, -0.15) is 0 Å². The summed E-state index contributed by atoms with van der Waals surface area (Å²) in [7, 11) is 1.51. The molecule has 2 rings (SSSR count). The molecule has 0 bridgehead atoms. The van der Waals surface area contributed by atoms with Crippen LogP contribution < -0.4 is 10.1 Å². The molecule has 0 unspecified atom stereocenters. The molecule has 0 atom stereocenters. The zero-order chi connectivity index (χ0) is 18.4. The van der Waals surface area contributed by atoms with Gasteiger partial charge in [-0.3, -0.25) is 4.79 Å². The number of amides is 1. The molecule has 0 saturated heterocycles. The van der Waals surface area contributed by atoms with E-state index in [1.165, 1.54) is 19.2 Å². The Balaban J connectivity index is 2.22. The van der Waals surface area contributed by atoms with Crippen molar-refractivity contribution in [2.45, 2.75) is 13.3 Å². The lowest BCUT2D eigenvalue weighted by molar-refractivity contribution is 0.0694. The molecule has 0 spiro atoms. The molecule has 7 nitrogen and oxygen atoms in total. The molecule has 0 radical (unpaired) electrons. The molecule has 25 heavy (non-hydrogen) atoms. The van der Waals surface area contributed by atoms with Crippen LogP contribution in [-0.4, -0.2) is 37.3 Å². The van der Waals surface area contributed by atoms with Gasteiger partial charge in [-0.1, -0.05) is 6.92 Å². The standard InChI is InChI=1S/C17H18FNO6/c1-3-13-11(17(21)22)9-15(25-13)16(20)19-12-8-10(18)4-5-14(12)24-7-6-23-2/h4-5,8-9H,3,6-7H2,1-2H3,(H,19,20)(H,21,22). The van der Waals surface area contributed by atoms with E-state index >= 15 is 0 Å². The number of furan rings is 1. The van der Waals surface area contributed by atoms with E-state index in [0.29, 0.717) is 13.0 Å². The van der Waals surface area contributed by atoms with E-state index in [4.69, 9.17) is 19.0 Å². The van der Waals surface area contributed by atoms with Crippen molar-refractivity contribution < 1.29 is 33.0 Å². The number of methoxy groups -OCH3 is 1. The van der Waals surface area contributed by atoms with E-state index < -0.39 is 17.7 Å². The Morgan fingerprint density at radius 1 is 1.28 bits per heavy atom. The minimum absolute atomic E-state index is 0.0801. The maximum absolute atomic E-state index is 13.5. The van der Waals surface area contributed by atoms with Crippen molar-refractivity contribution in [2.24, 2.45) is 0 Å². The first kappa shape index (κ1) is 18.5. The van der Waals surface area contributed by atoms with Gasteiger partial charge in [-0.15, -0.1) is 0 Å². The van der Waals surface area contributed by atoms with E-state index in [9.17, 15) is 14.0 Å². The number of carboxylic acid groups (broad SMARTS) is 1. The monoisotopic (exact) mass is 351 g/mol. The number of halogens is 1. The Kier molecular flexibility index (Phi) is 6.13. The second-order valence-electron chi connectivity index (χ2n) is 5.04. The third-order valence-electron chi connectivity index (χ3n) is 3.32. The van der Waals surface area contributed by atoms with Gasteiger partial charge in [0.1, 0.15) is 29.5 Å². The SMILES string of the molecule is CCc1oc(C(=O)Nc2cc(F)ccc2OCCOC)cc1C(=O)O. The number of hydrogen-bond acceptors (Lipinski definition) is 5. The highest BCUT2D eigenvalue weighted by Gasteiger charge is 2.21. The molecule has 134 valence electrons. The van der Waals surface area contributed by atoms with E-state index in [1.54, 1.807) is 6.92 Å². The maximum atomic E-state index is 13.5.